The first-order valence-corrected chi connectivity index (χ1v) is 8.62. The molecule has 0 radical (unpaired) electrons. The molecule has 1 unspecified atom stereocenters. The van der Waals surface area contributed by atoms with Crippen molar-refractivity contribution in [3.05, 3.63) is 77.9 Å². The van der Waals surface area contributed by atoms with Crippen molar-refractivity contribution >= 4 is 11.8 Å². The number of hydrazine groups is 1. The number of carbonyl (C=O) groups excluding carboxylic acids is 2. The molecule has 1 heterocycles. The summed E-state index contributed by atoms with van der Waals surface area (Å²) < 4.78 is 14.6. The third kappa shape index (κ3) is 4.53. The number of hydrogen-bond acceptors (Lipinski definition) is 4. The lowest BCUT2D eigenvalue weighted by Crippen LogP contribution is -2.44. The first kappa shape index (κ1) is 19.1. The number of benzene rings is 2. The van der Waals surface area contributed by atoms with Crippen LogP contribution in [0.4, 0.5) is 4.39 Å². The molecule has 8 heteroatoms. The Hall–Kier alpha value is -3.68. The summed E-state index contributed by atoms with van der Waals surface area (Å²) in [7, 11) is 0. The van der Waals surface area contributed by atoms with Crippen molar-refractivity contribution in [1.82, 2.24) is 20.6 Å². The van der Waals surface area contributed by atoms with Gasteiger partial charge in [-0.3, -0.25) is 20.4 Å². The van der Waals surface area contributed by atoms with Crippen molar-refractivity contribution in [3.63, 3.8) is 0 Å². The van der Waals surface area contributed by atoms with Crippen molar-refractivity contribution in [2.75, 3.05) is 0 Å². The number of amides is 2. The molecular formula is C20H19FN4O3. The van der Waals surface area contributed by atoms with Gasteiger partial charge >= 0.3 is 0 Å². The predicted molar refractivity (Wildman–Crippen MR) is 100 cm³/mol. The molecule has 0 saturated heterocycles. The number of para-hydroxylation sites is 1. The maximum absolute atomic E-state index is 13.2. The summed E-state index contributed by atoms with van der Waals surface area (Å²) in [6.45, 7) is 1.66. The number of aromatic hydroxyl groups is 1. The van der Waals surface area contributed by atoms with Crippen LogP contribution >= 0.6 is 0 Å². The molecule has 2 amide bonds. The number of carbonyl (C=O) groups is 2. The fourth-order valence-corrected chi connectivity index (χ4v) is 2.65. The van der Waals surface area contributed by atoms with Gasteiger partial charge in [-0.25, -0.2) is 9.07 Å². The zero-order valence-electron chi connectivity index (χ0n) is 15.1. The lowest BCUT2D eigenvalue weighted by atomic mass is 10.0. The fraction of sp³-hybridized carbons (Fsp3) is 0.150. The highest BCUT2D eigenvalue weighted by atomic mass is 19.1. The van der Waals surface area contributed by atoms with Crippen molar-refractivity contribution in [2.45, 2.75) is 13.3 Å². The lowest BCUT2D eigenvalue weighted by molar-refractivity contribution is -0.125. The Balaban J connectivity index is 1.59. The molecule has 3 rings (SSSR count). The Kier molecular flexibility index (Phi) is 5.69. The normalized spacial score (nSPS) is 11.6. The maximum Gasteiger partial charge on any atom is 0.294 e. The minimum absolute atomic E-state index is 0.220. The standard InChI is InChI=1S/C20H19FN4O3/c1-13(10-14-6-5-7-15(21)11-14)19(27)22-23-20(28)18-17(26)12-25(24-18)16-8-3-2-4-9-16/h2-9,11-13,26H,10H2,1H3,(H,22,27)(H,23,28). The molecule has 0 aliphatic rings. The highest BCUT2D eigenvalue weighted by Gasteiger charge is 2.19. The fourth-order valence-electron chi connectivity index (χ4n) is 2.65. The maximum atomic E-state index is 13.2. The Labute approximate surface area is 160 Å². The summed E-state index contributed by atoms with van der Waals surface area (Å²) in [5, 5.41) is 14.0. The Morgan fingerprint density at radius 2 is 1.89 bits per heavy atom. The van der Waals surface area contributed by atoms with E-state index in [2.05, 4.69) is 16.0 Å². The van der Waals surface area contributed by atoms with E-state index in [1.54, 1.807) is 43.3 Å². The molecule has 1 aromatic heterocycles. The van der Waals surface area contributed by atoms with E-state index >= 15 is 0 Å². The van der Waals surface area contributed by atoms with Gasteiger partial charge in [0.1, 0.15) is 5.82 Å². The highest BCUT2D eigenvalue weighted by Crippen LogP contribution is 2.17. The first-order valence-electron chi connectivity index (χ1n) is 8.62. The van der Waals surface area contributed by atoms with Gasteiger partial charge in [0.15, 0.2) is 11.4 Å². The van der Waals surface area contributed by atoms with Crippen LogP contribution in [0.5, 0.6) is 5.75 Å². The van der Waals surface area contributed by atoms with Gasteiger partial charge in [-0.1, -0.05) is 37.3 Å². The number of aromatic nitrogens is 2. The topological polar surface area (TPSA) is 96.3 Å². The molecule has 0 bridgehead atoms. The van der Waals surface area contributed by atoms with Crippen LogP contribution in [0.1, 0.15) is 23.0 Å². The first-order chi connectivity index (χ1) is 13.4. The molecule has 3 aromatic rings. The third-order valence-corrected chi connectivity index (χ3v) is 4.11. The number of nitrogens with zero attached hydrogens (tertiary/aromatic N) is 2. The van der Waals surface area contributed by atoms with Gasteiger partial charge < -0.3 is 5.11 Å². The average Bonchev–Trinajstić information content (AvgIpc) is 3.08. The second-order valence-corrected chi connectivity index (χ2v) is 6.32. The Morgan fingerprint density at radius 1 is 1.14 bits per heavy atom. The summed E-state index contributed by atoms with van der Waals surface area (Å²) in [6.07, 6.45) is 1.62. The van der Waals surface area contributed by atoms with E-state index in [4.69, 9.17) is 0 Å². The van der Waals surface area contributed by atoms with E-state index in [0.29, 0.717) is 17.7 Å². The molecular weight excluding hydrogens is 363 g/mol. The van der Waals surface area contributed by atoms with Crippen molar-refractivity contribution in [2.24, 2.45) is 5.92 Å². The molecule has 0 fully saturated rings. The van der Waals surface area contributed by atoms with Crippen LogP contribution in [-0.4, -0.2) is 26.7 Å². The molecule has 3 N–H and O–H groups in total. The van der Waals surface area contributed by atoms with Gasteiger partial charge in [-0.05, 0) is 36.2 Å². The third-order valence-electron chi connectivity index (χ3n) is 4.11. The summed E-state index contributed by atoms with van der Waals surface area (Å²) >= 11 is 0. The van der Waals surface area contributed by atoms with Crippen molar-refractivity contribution in [1.29, 1.82) is 0 Å². The second-order valence-electron chi connectivity index (χ2n) is 6.32. The quantitative estimate of drug-likeness (QED) is 0.590. The van der Waals surface area contributed by atoms with Crippen molar-refractivity contribution < 1.29 is 19.1 Å². The molecule has 7 nitrogen and oxygen atoms in total. The molecule has 28 heavy (non-hydrogen) atoms. The largest absolute Gasteiger partial charge is 0.504 e. The molecule has 1 atom stereocenters. The molecule has 2 aromatic carbocycles. The monoisotopic (exact) mass is 382 g/mol. The van der Waals surface area contributed by atoms with Gasteiger partial charge in [0.25, 0.3) is 5.91 Å². The van der Waals surface area contributed by atoms with Gasteiger partial charge in [0, 0.05) is 5.92 Å². The summed E-state index contributed by atoms with van der Waals surface area (Å²) in [4.78, 5) is 24.4. The molecule has 0 aliphatic carbocycles. The Morgan fingerprint density at radius 3 is 2.61 bits per heavy atom. The minimum Gasteiger partial charge on any atom is -0.504 e. The zero-order valence-corrected chi connectivity index (χ0v) is 15.1. The second kappa shape index (κ2) is 8.34. The molecule has 144 valence electrons. The predicted octanol–water partition coefficient (Wildman–Crippen LogP) is 2.36. The number of halogens is 1. The van der Waals surface area contributed by atoms with Gasteiger partial charge in [0.2, 0.25) is 5.91 Å². The SMILES string of the molecule is CC(Cc1cccc(F)c1)C(=O)NNC(=O)c1nn(-c2ccccc2)cc1O. The Bertz CT molecular complexity index is 988. The lowest BCUT2D eigenvalue weighted by Gasteiger charge is -2.12. The molecule has 0 saturated carbocycles. The number of nitrogens with one attached hydrogen (secondary N) is 2. The van der Waals surface area contributed by atoms with E-state index in [0.717, 1.165) is 0 Å². The zero-order chi connectivity index (χ0) is 20.1. The van der Waals surface area contributed by atoms with Gasteiger partial charge in [0.05, 0.1) is 11.9 Å². The summed E-state index contributed by atoms with van der Waals surface area (Å²) in [6, 6.07) is 15.0. The van der Waals surface area contributed by atoms with Crippen LogP contribution in [0, 0.1) is 11.7 Å². The smallest absolute Gasteiger partial charge is 0.294 e. The summed E-state index contributed by atoms with van der Waals surface area (Å²) in [5.41, 5.74) is 5.66. The number of rotatable bonds is 5. The van der Waals surface area contributed by atoms with Gasteiger partial charge in [-0.2, -0.15) is 5.10 Å². The average molecular weight is 382 g/mol. The minimum atomic E-state index is -0.751. The van der Waals surface area contributed by atoms with Crippen LogP contribution < -0.4 is 10.9 Å². The van der Waals surface area contributed by atoms with Crippen molar-refractivity contribution in [3.8, 4) is 11.4 Å². The van der Waals surface area contributed by atoms with E-state index in [-0.39, 0.29) is 17.3 Å². The van der Waals surface area contributed by atoms with E-state index in [1.165, 1.54) is 23.0 Å². The van der Waals surface area contributed by atoms with Gasteiger partial charge in [-0.15, -0.1) is 0 Å². The molecule has 0 aliphatic heterocycles. The van der Waals surface area contributed by atoms with Crippen LogP contribution in [0.2, 0.25) is 0 Å². The van der Waals surface area contributed by atoms with Crippen LogP contribution in [0.3, 0.4) is 0 Å². The van der Waals surface area contributed by atoms with E-state index in [9.17, 15) is 19.1 Å². The van der Waals surface area contributed by atoms with E-state index < -0.39 is 17.7 Å². The summed E-state index contributed by atoms with van der Waals surface area (Å²) in [5.74, 6) is -2.39. The highest BCUT2D eigenvalue weighted by molar-refractivity contribution is 5.96. The van der Waals surface area contributed by atoms with E-state index in [1.807, 2.05) is 6.07 Å². The van der Waals surface area contributed by atoms with Crippen LogP contribution in [0.25, 0.3) is 5.69 Å². The van der Waals surface area contributed by atoms with Crippen LogP contribution in [0.15, 0.2) is 60.8 Å². The number of hydrogen-bond donors (Lipinski definition) is 3. The van der Waals surface area contributed by atoms with Crippen LogP contribution in [-0.2, 0) is 11.2 Å². The molecule has 0 spiro atoms.